The lowest BCUT2D eigenvalue weighted by molar-refractivity contribution is -0.128. The molecule has 206 valence electrons. The lowest BCUT2D eigenvalue weighted by Gasteiger charge is -2.60. The van der Waals surface area contributed by atoms with Gasteiger partial charge in [-0.05, 0) is 80.4 Å². The zero-order valence-corrected chi connectivity index (χ0v) is 22.3. The van der Waals surface area contributed by atoms with Gasteiger partial charge in [-0.25, -0.2) is 0 Å². The Labute approximate surface area is 220 Å². The van der Waals surface area contributed by atoms with Crippen LogP contribution in [0.2, 0.25) is 0 Å². The molecule has 0 radical (unpaired) electrons. The van der Waals surface area contributed by atoms with E-state index in [1.165, 1.54) is 6.42 Å². The summed E-state index contributed by atoms with van der Waals surface area (Å²) in [5, 5.41) is 25.7. The summed E-state index contributed by atoms with van der Waals surface area (Å²) in [6.07, 6.45) is 6.88. The Morgan fingerprint density at radius 2 is 1.79 bits per heavy atom. The molecule has 10 heteroatoms. The van der Waals surface area contributed by atoms with Crippen molar-refractivity contribution < 1.29 is 22.7 Å². The summed E-state index contributed by atoms with van der Waals surface area (Å²) in [7, 11) is 0. The van der Waals surface area contributed by atoms with E-state index in [1.54, 1.807) is 6.08 Å². The summed E-state index contributed by atoms with van der Waals surface area (Å²) in [6.45, 7) is 7.00. The lowest BCUT2D eigenvalue weighted by Crippen LogP contribution is -2.62. The zero-order chi connectivity index (χ0) is 27.1. The Morgan fingerprint density at radius 3 is 2.42 bits per heavy atom. The third-order valence-corrected chi connectivity index (χ3v) is 8.90. The average molecular weight is 532 g/mol. The molecule has 0 saturated heterocycles. The molecule has 5 aliphatic carbocycles. The number of alkyl halides is 3. The highest BCUT2D eigenvalue weighted by atomic mass is 19.4. The van der Waals surface area contributed by atoms with Gasteiger partial charge in [0.05, 0.1) is 11.6 Å². The van der Waals surface area contributed by atoms with Crippen molar-refractivity contribution in [1.82, 2.24) is 15.5 Å². The first-order valence-electron chi connectivity index (χ1n) is 13.5. The van der Waals surface area contributed by atoms with Crippen molar-refractivity contribution in [3.05, 3.63) is 41.0 Å². The number of anilines is 1. The van der Waals surface area contributed by atoms with Crippen LogP contribution in [0.5, 0.6) is 0 Å². The number of allylic oxidation sites excluding steroid dienone is 2. The number of halogens is 3. The molecule has 1 aromatic heterocycles. The molecule has 4 atom stereocenters. The third kappa shape index (κ3) is 4.80. The largest absolute Gasteiger partial charge is 0.405 e. The number of hydrogen-bond acceptors (Lipinski definition) is 7. The molecule has 0 spiro atoms. The van der Waals surface area contributed by atoms with Crippen LogP contribution in [0, 0.1) is 23.2 Å². The number of aliphatic imine (C=N–C) groups is 1. The van der Waals surface area contributed by atoms with E-state index in [-0.39, 0.29) is 22.9 Å². The zero-order valence-electron chi connectivity index (χ0n) is 22.3. The third-order valence-electron chi connectivity index (χ3n) is 8.90. The van der Waals surface area contributed by atoms with Crippen molar-refractivity contribution in [2.24, 2.45) is 28.2 Å². The number of fused-ring (bicyclic) bond motifs is 1. The van der Waals surface area contributed by atoms with E-state index >= 15 is 0 Å². The first-order valence-corrected chi connectivity index (χ1v) is 13.5. The van der Waals surface area contributed by atoms with Crippen molar-refractivity contribution in [1.29, 1.82) is 0 Å². The predicted octanol–water partition coefficient (Wildman–Crippen LogP) is 5.32. The Morgan fingerprint density at radius 1 is 1.08 bits per heavy atom. The van der Waals surface area contributed by atoms with Gasteiger partial charge in [0.1, 0.15) is 12.3 Å². The van der Waals surface area contributed by atoms with Gasteiger partial charge >= 0.3 is 12.2 Å². The highest BCUT2D eigenvalue weighted by molar-refractivity contribution is 6.06. The number of dihydropyridines is 1. The van der Waals surface area contributed by atoms with Crippen LogP contribution in [0.1, 0.15) is 72.1 Å². The maximum absolute atomic E-state index is 12.9. The highest BCUT2D eigenvalue weighted by Gasteiger charge is 2.57. The monoisotopic (exact) mass is 531 g/mol. The number of aliphatic hydroxyl groups is 1. The molecule has 3 N–H and O–H groups in total. The van der Waals surface area contributed by atoms with E-state index in [0.717, 1.165) is 36.8 Å². The van der Waals surface area contributed by atoms with E-state index < -0.39 is 18.3 Å². The maximum Gasteiger partial charge on any atom is 0.405 e. The van der Waals surface area contributed by atoms with Gasteiger partial charge in [0.25, 0.3) is 5.89 Å². The highest BCUT2D eigenvalue weighted by Crippen LogP contribution is 2.58. The number of rotatable bonds is 5. The molecule has 0 aromatic carbocycles. The molecule has 6 aliphatic rings. The summed E-state index contributed by atoms with van der Waals surface area (Å²) < 4.78 is 44.7. The second-order valence-corrected chi connectivity index (χ2v) is 13.3. The predicted molar refractivity (Wildman–Crippen MR) is 138 cm³/mol. The summed E-state index contributed by atoms with van der Waals surface area (Å²) in [6, 6.07) is 0.0716. The van der Waals surface area contributed by atoms with E-state index in [2.05, 4.69) is 20.8 Å². The molecule has 0 amide bonds. The Kier molecular flexibility index (Phi) is 5.69. The van der Waals surface area contributed by atoms with Gasteiger partial charge in [0, 0.05) is 17.2 Å². The number of nitrogens with zero attached hydrogens (tertiary/aromatic N) is 3. The maximum atomic E-state index is 12.9. The minimum Gasteiger partial charge on any atom is -0.402 e. The molecule has 4 fully saturated rings. The molecule has 4 unspecified atom stereocenters. The fraction of sp³-hybridized carbons (Fsp3) is 0.679. The van der Waals surface area contributed by atoms with Crippen molar-refractivity contribution >= 4 is 11.7 Å². The quantitative estimate of drug-likeness (QED) is 0.476. The SMILES string of the molecule is CC1=CC(c2nnc(NC34CC5CC(CC(O)(C5)C3)C4)o2)=NC2C(C(C)(C)C)=CC(NCC(F)(F)F)=CC12. The van der Waals surface area contributed by atoms with E-state index in [1.807, 2.05) is 39.8 Å². The average Bonchev–Trinajstić information content (AvgIpc) is 3.22. The van der Waals surface area contributed by atoms with Gasteiger partial charge in [-0.3, -0.25) is 4.99 Å². The van der Waals surface area contributed by atoms with Crippen LogP contribution in [-0.4, -0.2) is 50.9 Å². The molecule has 4 bridgehead atoms. The van der Waals surface area contributed by atoms with Gasteiger partial charge in [-0.15, -0.1) is 5.10 Å². The van der Waals surface area contributed by atoms with E-state index in [9.17, 15) is 18.3 Å². The number of nitrogens with one attached hydrogen (secondary N) is 2. The summed E-state index contributed by atoms with van der Waals surface area (Å²) in [5.74, 6) is 1.20. The first-order chi connectivity index (χ1) is 17.7. The van der Waals surface area contributed by atoms with Crippen molar-refractivity contribution in [3.8, 4) is 0 Å². The summed E-state index contributed by atoms with van der Waals surface area (Å²) in [4.78, 5) is 4.98. The molecule has 2 heterocycles. The molecule has 1 aromatic rings. The standard InChI is InChI=1S/C28H36F3N5O2/c1-15-5-21(33-22-19(15)7-18(32-14-28(29,30)31)8-20(22)25(2,3)4)23-35-36-24(38-23)34-26-9-16-6-17(10-26)12-27(37,11-16)13-26/h5,7-8,16-17,19,22,32,37H,6,9-14H2,1-4H3,(H,34,36). The van der Waals surface area contributed by atoms with E-state index in [0.29, 0.717) is 41.6 Å². The molecular formula is C28H36F3N5O2. The summed E-state index contributed by atoms with van der Waals surface area (Å²) in [5.41, 5.74) is 1.82. The van der Waals surface area contributed by atoms with Crippen molar-refractivity contribution in [3.63, 3.8) is 0 Å². The molecule has 1 aliphatic heterocycles. The van der Waals surface area contributed by atoms with Gasteiger partial charge < -0.3 is 20.2 Å². The Balaban J connectivity index is 1.25. The molecular weight excluding hydrogens is 495 g/mol. The van der Waals surface area contributed by atoms with Crippen LogP contribution < -0.4 is 10.6 Å². The van der Waals surface area contributed by atoms with Crippen LogP contribution in [0.25, 0.3) is 0 Å². The van der Waals surface area contributed by atoms with Crippen molar-refractivity contribution in [2.75, 3.05) is 11.9 Å². The van der Waals surface area contributed by atoms with Crippen LogP contribution in [0.4, 0.5) is 19.2 Å². The topological polar surface area (TPSA) is 95.6 Å². The number of hydrogen-bond donors (Lipinski definition) is 3. The molecule has 7 rings (SSSR count). The van der Waals surface area contributed by atoms with E-state index in [4.69, 9.17) is 9.41 Å². The molecule has 4 saturated carbocycles. The Hall–Kier alpha value is -2.62. The lowest BCUT2D eigenvalue weighted by atomic mass is 9.51. The molecule has 38 heavy (non-hydrogen) atoms. The van der Waals surface area contributed by atoms with Crippen molar-refractivity contribution in [2.45, 2.75) is 89.6 Å². The van der Waals surface area contributed by atoms with Gasteiger partial charge in [-0.1, -0.05) is 37.5 Å². The van der Waals surface area contributed by atoms with Crippen LogP contribution >= 0.6 is 0 Å². The van der Waals surface area contributed by atoms with Gasteiger partial charge in [0.2, 0.25) is 0 Å². The fourth-order valence-corrected chi connectivity index (χ4v) is 7.86. The Bertz CT molecular complexity index is 1240. The van der Waals surface area contributed by atoms with Crippen LogP contribution in [0.15, 0.2) is 44.5 Å². The normalized spacial score (nSPS) is 36.2. The summed E-state index contributed by atoms with van der Waals surface area (Å²) >= 11 is 0. The minimum atomic E-state index is -4.30. The van der Waals surface area contributed by atoms with Crippen LogP contribution in [-0.2, 0) is 0 Å². The fourth-order valence-electron chi connectivity index (χ4n) is 7.86. The smallest absolute Gasteiger partial charge is 0.402 e. The number of aromatic nitrogens is 2. The van der Waals surface area contributed by atoms with Gasteiger partial charge in [0.15, 0.2) is 0 Å². The first kappa shape index (κ1) is 25.6. The second-order valence-electron chi connectivity index (χ2n) is 13.3. The van der Waals surface area contributed by atoms with Crippen LogP contribution in [0.3, 0.4) is 0 Å². The van der Waals surface area contributed by atoms with Gasteiger partial charge in [-0.2, -0.15) is 13.2 Å². The minimum absolute atomic E-state index is 0.165. The second kappa shape index (κ2) is 8.44. The molecule has 7 nitrogen and oxygen atoms in total.